The zero-order chi connectivity index (χ0) is 13.8. The lowest BCUT2D eigenvalue weighted by atomic mass is 9.82. The summed E-state index contributed by atoms with van der Waals surface area (Å²) in [6, 6.07) is -0.386. The van der Waals surface area contributed by atoms with Crippen LogP contribution in [0.3, 0.4) is 0 Å². The van der Waals surface area contributed by atoms with Gasteiger partial charge in [0, 0.05) is 13.0 Å². The predicted octanol–water partition coefficient (Wildman–Crippen LogP) is 0.272. The summed E-state index contributed by atoms with van der Waals surface area (Å²) in [6.45, 7) is 0.581. The van der Waals surface area contributed by atoms with Crippen LogP contribution in [0.15, 0.2) is 0 Å². The molecule has 0 aromatic carbocycles. The van der Waals surface area contributed by atoms with Crippen molar-refractivity contribution in [1.82, 2.24) is 10.6 Å². The summed E-state index contributed by atoms with van der Waals surface area (Å²) < 4.78 is 0. The van der Waals surface area contributed by atoms with Crippen LogP contribution in [0.4, 0.5) is 0 Å². The molecule has 6 nitrogen and oxygen atoms in total. The summed E-state index contributed by atoms with van der Waals surface area (Å²) in [5, 5.41) is 14.4. The lowest BCUT2D eigenvalue weighted by molar-refractivity contribution is -0.143. The van der Waals surface area contributed by atoms with Gasteiger partial charge in [-0.1, -0.05) is 0 Å². The Morgan fingerprint density at radius 2 is 1.89 bits per heavy atom. The standard InChI is InChI=1S/C13H20N2O4/c16-11-6-5-10(15-11)12(17)14-7-8-1-3-9(4-2-8)13(18)19/h8-10H,1-7H2,(H,14,17)(H,15,16)(H,18,19)/t8?,9?,10-/m0/s1. The average molecular weight is 268 g/mol. The minimum atomic E-state index is -0.712. The van der Waals surface area contributed by atoms with E-state index in [-0.39, 0.29) is 23.8 Å². The molecular formula is C13H20N2O4. The molecule has 0 aromatic rings. The van der Waals surface area contributed by atoms with E-state index in [1.807, 2.05) is 0 Å². The number of carbonyl (C=O) groups is 3. The van der Waals surface area contributed by atoms with Gasteiger partial charge in [-0.05, 0) is 38.0 Å². The molecule has 19 heavy (non-hydrogen) atoms. The Hall–Kier alpha value is -1.59. The van der Waals surface area contributed by atoms with Crippen LogP contribution in [0.25, 0.3) is 0 Å². The third-order valence-corrected chi connectivity index (χ3v) is 4.07. The zero-order valence-corrected chi connectivity index (χ0v) is 10.9. The van der Waals surface area contributed by atoms with Gasteiger partial charge in [0.15, 0.2) is 0 Å². The number of carboxylic acids is 1. The number of hydrogen-bond donors (Lipinski definition) is 3. The number of rotatable bonds is 4. The molecule has 0 spiro atoms. The Bertz CT molecular complexity index is 375. The first-order valence-electron chi connectivity index (χ1n) is 6.86. The molecule has 2 rings (SSSR count). The van der Waals surface area contributed by atoms with E-state index in [0.29, 0.717) is 38.1 Å². The summed E-state index contributed by atoms with van der Waals surface area (Å²) in [5.41, 5.74) is 0. The van der Waals surface area contributed by atoms with Gasteiger partial charge in [0.1, 0.15) is 6.04 Å². The Balaban J connectivity index is 1.68. The molecule has 1 aliphatic heterocycles. The van der Waals surface area contributed by atoms with Crippen molar-refractivity contribution in [2.75, 3.05) is 6.54 Å². The normalized spacial score (nSPS) is 30.7. The van der Waals surface area contributed by atoms with Crippen molar-refractivity contribution in [3.63, 3.8) is 0 Å². The van der Waals surface area contributed by atoms with Crippen LogP contribution in [0.1, 0.15) is 38.5 Å². The van der Waals surface area contributed by atoms with Gasteiger partial charge >= 0.3 is 5.97 Å². The maximum absolute atomic E-state index is 11.8. The Morgan fingerprint density at radius 3 is 2.42 bits per heavy atom. The summed E-state index contributed by atoms with van der Waals surface area (Å²) >= 11 is 0. The Morgan fingerprint density at radius 1 is 1.21 bits per heavy atom. The van der Waals surface area contributed by atoms with Crippen molar-refractivity contribution in [2.24, 2.45) is 11.8 Å². The molecule has 6 heteroatoms. The predicted molar refractivity (Wildman–Crippen MR) is 67.3 cm³/mol. The van der Waals surface area contributed by atoms with E-state index in [9.17, 15) is 14.4 Å². The monoisotopic (exact) mass is 268 g/mol. The van der Waals surface area contributed by atoms with Gasteiger partial charge in [-0.2, -0.15) is 0 Å². The lowest BCUT2D eigenvalue weighted by Gasteiger charge is -2.26. The van der Waals surface area contributed by atoms with E-state index in [4.69, 9.17) is 5.11 Å². The third-order valence-electron chi connectivity index (χ3n) is 4.07. The first-order valence-corrected chi connectivity index (χ1v) is 6.86. The van der Waals surface area contributed by atoms with Crippen molar-refractivity contribution in [1.29, 1.82) is 0 Å². The number of aliphatic carboxylic acids is 1. The smallest absolute Gasteiger partial charge is 0.306 e. The van der Waals surface area contributed by atoms with Crippen LogP contribution in [0.5, 0.6) is 0 Å². The van der Waals surface area contributed by atoms with Gasteiger partial charge in [-0.3, -0.25) is 14.4 Å². The highest BCUT2D eigenvalue weighted by molar-refractivity contribution is 5.90. The molecule has 3 N–H and O–H groups in total. The molecule has 0 unspecified atom stereocenters. The van der Waals surface area contributed by atoms with Gasteiger partial charge < -0.3 is 15.7 Å². The fraction of sp³-hybridized carbons (Fsp3) is 0.769. The molecule has 0 aromatic heterocycles. The van der Waals surface area contributed by atoms with E-state index in [1.165, 1.54) is 0 Å². The highest BCUT2D eigenvalue weighted by atomic mass is 16.4. The zero-order valence-electron chi connectivity index (χ0n) is 10.9. The van der Waals surface area contributed by atoms with Gasteiger partial charge in [0.25, 0.3) is 0 Å². The minimum absolute atomic E-state index is 0.0675. The average Bonchev–Trinajstić information content (AvgIpc) is 2.83. The molecule has 1 atom stereocenters. The maximum atomic E-state index is 11.8. The number of amides is 2. The second kappa shape index (κ2) is 6.04. The fourth-order valence-corrected chi connectivity index (χ4v) is 2.79. The summed E-state index contributed by atoms with van der Waals surface area (Å²) in [4.78, 5) is 33.6. The quantitative estimate of drug-likeness (QED) is 0.682. The molecule has 1 aliphatic carbocycles. The summed E-state index contributed by atoms with van der Waals surface area (Å²) in [7, 11) is 0. The van der Waals surface area contributed by atoms with Gasteiger partial charge in [-0.25, -0.2) is 0 Å². The topological polar surface area (TPSA) is 95.5 Å². The molecular weight excluding hydrogens is 248 g/mol. The van der Waals surface area contributed by atoms with Gasteiger partial charge in [0.2, 0.25) is 11.8 Å². The minimum Gasteiger partial charge on any atom is -0.481 e. The van der Waals surface area contributed by atoms with Crippen molar-refractivity contribution < 1.29 is 19.5 Å². The number of carbonyl (C=O) groups excluding carboxylic acids is 2. The summed E-state index contributed by atoms with van der Waals surface area (Å²) in [6.07, 6.45) is 4.05. The maximum Gasteiger partial charge on any atom is 0.306 e. The fourth-order valence-electron chi connectivity index (χ4n) is 2.79. The van der Waals surface area contributed by atoms with Crippen LogP contribution in [0.2, 0.25) is 0 Å². The molecule has 0 bridgehead atoms. The van der Waals surface area contributed by atoms with E-state index >= 15 is 0 Å². The molecule has 1 heterocycles. The van der Waals surface area contributed by atoms with E-state index in [1.54, 1.807) is 0 Å². The third kappa shape index (κ3) is 3.68. The van der Waals surface area contributed by atoms with Crippen LogP contribution in [-0.2, 0) is 14.4 Å². The van der Waals surface area contributed by atoms with Crippen molar-refractivity contribution in [2.45, 2.75) is 44.6 Å². The van der Waals surface area contributed by atoms with E-state index in [0.717, 1.165) is 12.8 Å². The lowest BCUT2D eigenvalue weighted by Crippen LogP contribution is -2.43. The number of nitrogens with one attached hydrogen (secondary N) is 2. The Labute approximate surface area is 111 Å². The molecule has 106 valence electrons. The SMILES string of the molecule is O=C1CC[C@@H](C(=O)NCC2CCC(C(=O)O)CC2)N1. The van der Waals surface area contributed by atoms with Crippen molar-refractivity contribution in [3.8, 4) is 0 Å². The van der Waals surface area contributed by atoms with Crippen molar-refractivity contribution >= 4 is 17.8 Å². The second-order valence-corrected chi connectivity index (χ2v) is 5.46. The number of hydrogen-bond acceptors (Lipinski definition) is 3. The molecule has 1 saturated heterocycles. The molecule has 1 saturated carbocycles. The highest BCUT2D eigenvalue weighted by Gasteiger charge is 2.29. The molecule has 2 fully saturated rings. The first-order chi connectivity index (χ1) is 9.06. The Kier molecular flexibility index (Phi) is 4.39. The first kappa shape index (κ1) is 13.8. The second-order valence-electron chi connectivity index (χ2n) is 5.46. The highest BCUT2D eigenvalue weighted by Crippen LogP contribution is 2.28. The van der Waals surface area contributed by atoms with Crippen LogP contribution >= 0.6 is 0 Å². The summed E-state index contributed by atoms with van der Waals surface area (Å²) in [5.74, 6) is -0.762. The molecule has 2 amide bonds. The van der Waals surface area contributed by atoms with Crippen molar-refractivity contribution in [3.05, 3.63) is 0 Å². The van der Waals surface area contributed by atoms with E-state index < -0.39 is 5.97 Å². The molecule has 0 radical (unpaired) electrons. The van der Waals surface area contributed by atoms with Crippen LogP contribution in [-0.4, -0.2) is 35.5 Å². The van der Waals surface area contributed by atoms with Gasteiger partial charge in [0.05, 0.1) is 5.92 Å². The largest absolute Gasteiger partial charge is 0.481 e. The molecule has 2 aliphatic rings. The van der Waals surface area contributed by atoms with Crippen LogP contribution in [0, 0.1) is 11.8 Å². The van der Waals surface area contributed by atoms with Gasteiger partial charge in [-0.15, -0.1) is 0 Å². The van der Waals surface area contributed by atoms with Crippen LogP contribution < -0.4 is 10.6 Å². The number of carboxylic acid groups (broad SMARTS) is 1. The van der Waals surface area contributed by atoms with E-state index in [2.05, 4.69) is 10.6 Å².